The van der Waals surface area contributed by atoms with E-state index in [2.05, 4.69) is 0 Å². The van der Waals surface area contributed by atoms with Gasteiger partial charge >= 0.3 is 5.97 Å². The van der Waals surface area contributed by atoms with E-state index < -0.39 is 23.4 Å². The van der Waals surface area contributed by atoms with E-state index in [0.717, 1.165) is 0 Å². The number of carbonyl (C=O) groups excluding carboxylic acids is 2. The molecule has 36 heavy (non-hydrogen) atoms. The number of carbonyl (C=O) groups is 2. The van der Waals surface area contributed by atoms with E-state index in [4.69, 9.17) is 14.2 Å². The largest absolute Gasteiger partial charge is 0.503 e. The highest BCUT2D eigenvalue weighted by molar-refractivity contribution is 6.15. The minimum Gasteiger partial charge on any atom is -0.503 e. The standard InChI is InChI=1S/C28H25NO7/c1-4-36-28(33)18-10-12-19(13-11-18)29-24(21-15-14-20(34-2)16-22(21)35-3)23(26(31)27(29)32)25(30)17-8-6-5-7-9-17/h5-16,31-32H,4H2,1-3H3. The summed E-state index contributed by atoms with van der Waals surface area (Å²) in [5, 5.41) is 22.0. The van der Waals surface area contributed by atoms with Gasteiger partial charge in [0, 0.05) is 22.9 Å². The molecule has 4 aromatic rings. The SMILES string of the molecule is CCOC(=O)c1ccc(-n2c(O)c(O)c(C(=O)c3ccccc3)c2-c2ccc(OC)cc2OC)cc1. The van der Waals surface area contributed by atoms with E-state index in [1.165, 1.54) is 30.9 Å². The fourth-order valence-electron chi connectivity index (χ4n) is 3.96. The van der Waals surface area contributed by atoms with Crippen LogP contribution in [-0.4, -0.2) is 47.4 Å². The van der Waals surface area contributed by atoms with Gasteiger partial charge in [-0.15, -0.1) is 0 Å². The molecule has 184 valence electrons. The predicted octanol–water partition coefficient (Wildman–Crippen LogP) is 4.98. The zero-order valence-electron chi connectivity index (χ0n) is 20.0. The second-order valence-electron chi connectivity index (χ2n) is 7.76. The Balaban J connectivity index is 1.99. The maximum Gasteiger partial charge on any atom is 0.338 e. The van der Waals surface area contributed by atoms with Crippen molar-refractivity contribution in [3.8, 4) is 40.1 Å². The van der Waals surface area contributed by atoms with Gasteiger partial charge in [0.1, 0.15) is 11.5 Å². The van der Waals surface area contributed by atoms with Gasteiger partial charge in [-0.05, 0) is 43.3 Å². The minimum atomic E-state index is -0.578. The molecule has 2 N–H and O–H groups in total. The number of nitrogens with zero attached hydrogens (tertiary/aromatic N) is 1. The van der Waals surface area contributed by atoms with Crippen LogP contribution in [0, 0.1) is 0 Å². The zero-order chi connectivity index (χ0) is 25.8. The van der Waals surface area contributed by atoms with Gasteiger partial charge in [0.05, 0.1) is 37.6 Å². The van der Waals surface area contributed by atoms with Crippen LogP contribution < -0.4 is 9.47 Å². The fourth-order valence-corrected chi connectivity index (χ4v) is 3.96. The highest BCUT2D eigenvalue weighted by Crippen LogP contribution is 2.47. The van der Waals surface area contributed by atoms with E-state index in [1.54, 1.807) is 67.6 Å². The van der Waals surface area contributed by atoms with Gasteiger partial charge in [-0.2, -0.15) is 0 Å². The van der Waals surface area contributed by atoms with Gasteiger partial charge < -0.3 is 24.4 Å². The molecule has 1 heterocycles. The lowest BCUT2D eigenvalue weighted by molar-refractivity contribution is 0.0526. The van der Waals surface area contributed by atoms with Crippen LogP contribution in [0.15, 0.2) is 72.8 Å². The van der Waals surface area contributed by atoms with Crippen LogP contribution in [0.25, 0.3) is 16.9 Å². The van der Waals surface area contributed by atoms with E-state index in [-0.39, 0.29) is 17.9 Å². The number of benzene rings is 3. The summed E-state index contributed by atoms with van der Waals surface area (Å²) in [6, 6.07) is 19.7. The van der Waals surface area contributed by atoms with Crippen molar-refractivity contribution in [1.29, 1.82) is 0 Å². The molecule has 4 rings (SSSR count). The Kier molecular flexibility index (Phi) is 6.96. The van der Waals surface area contributed by atoms with Crippen molar-refractivity contribution >= 4 is 11.8 Å². The van der Waals surface area contributed by atoms with E-state index >= 15 is 0 Å². The topological polar surface area (TPSA) is 107 Å². The molecular formula is C28H25NO7. The predicted molar refractivity (Wildman–Crippen MR) is 133 cm³/mol. The molecular weight excluding hydrogens is 462 g/mol. The maximum atomic E-state index is 13.6. The van der Waals surface area contributed by atoms with Crippen molar-refractivity contribution in [1.82, 2.24) is 4.57 Å². The molecule has 0 fully saturated rings. The van der Waals surface area contributed by atoms with Crippen LogP contribution >= 0.6 is 0 Å². The second-order valence-corrected chi connectivity index (χ2v) is 7.76. The highest BCUT2D eigenvalue weighted by atomic mass is 16.5. The van der Waals surface area contributed by atoms with Crippen LogP contribution in [0.4, 0.5) is 0 Å². The Labute approximate surface area is 207 Å². The molecule has 3 aromatic carbocycles. The van der Waals surface area contributed by atoms with E-state index in [0.29, 0.717) is 33.9 Å². The third kappa shape index (κ3) is 4.36. The molecule has 0 unspecified atom stereocenters. The first-order valence-electron chi connectivity index (χ1n) is 11.2. The summed E-state index contributed by atoms with van der Waals surface area (Å²) >= 11 is 0. The van der Waals surface area contributed by atoms with Crippen LogP contribution in [0.5, 0.6) is 23.1 Å². The Morgan fingerprint density at radius 3 is 2.17 bits per heavy atom. The second kappa shape index (κ2) is 10.3. The van der Waals surface area contributed by atoms with Crippen molar-refractivity contribution in [2.24, 2.45) is 0 Å². The summed E-state index contributed by atoms with van der Waals surface area (Å²) in [7, 11) is 2.99. The monoisotopic (exact) mass is 487 g/mol. The van der Waals surface area contributed by atoms with Gasteiger partial charge in [-0.25, -0.2) is 4.79 Å². The van der Waals surface area contributed by atoms with Crippen molar-refractivity contribution in [2.45, 2.75) is 6.92 Å². The molecule has 0 aliphatic carbocycles. The van der Waals surface area contributed by atoms with Crippen molar-refractivity contribution in [2.75, 3.05) is 20.8 Å². The van der Waals surface area contributed by atoms with Crippen LogP contribution in [-0.2, 0) is 4.74 Å². The fraction of sp³-hybridized carbons (Fsp3) is 0.143. The summed E-state index contributed by atoms with van der Waals surface area (Å²) in [5.74, 6) is -1.20. The van der Waals surface area contributed by atoms with Gasteiger partial charge in [0.2, 0.25) is 5.88 Å². The first kappa shape index (κ1) is 24.4. The van der Waals surface area contributed by atoms with Gasteiger partial charge in [0.15, 0.2) is 11.5 Å². The lowest BCUT2D eigenvalue weighted by Gasteiger charge is -2.16. The Bertz CT molecular complexity index is 1410. The summed E-state index contributed by atoms with van der Waals surface area (Å²) in [4.78, 5) is 25.7. The normalized spacial score (nSPS) is 10.6. The molecule has 0 spiro atoms. The first-order valence-corrected chi connectivity index (χ1v) is 11.2. The van der Waals surface area contributed by atoms with Gasteiger partial charge in [-0.3, -0.25) is 9.36 Å². The number of rotatable bonds is 8. The molecule has 0 amide bonds. The molecule has 0 bridgehead atoms. The number of esters is 1. The molecule has 0 radical (unpaired) electrons. The van der Waals surface area contributed by atoms with Crippen LogP contribution in [0.2, 0.25) is 0 Å². The molecule has 0 saturated carbocycles. The number of aromatic nitrogens is 1. The first-order chi connectivity index (χ1) is 17.4. The number of hydrogen-bond donors (Lipinski definition) is 2. The van der Waals surface area contributed by atoms with E-state index in [9.17, 15) is 19.8 Å². The number of ketones is 1. The smallest absolute Gasteiger partial charge is 0.338 e. The molecule has 0 atom stereocenters. The summed E-state index contributed by atoms with van der Waals surface area (Å²) in [5.41, 5.74) is 1.59. The Morgan fingerprint density at radius 1 is 0.861 bits per heavy atom. The lowest BCUT2D eigenvalue weighted by Crippen LogP contribution is -2.07. The van der Waals surface area contributed by atoms with Crippen molar-refractivity contribution < 1.29 is 34.0 Å². The third-order valence-corrected chi connectivity index (χ3v) is 5.68. The molecule has 8 nitrogen and oxygen atoms in total. The molecule has 8 heteroatoms. The summed E-state index contributed by atoms with van der Waals surface area (Å²) < 4.78 is 17.2. The van der Waals surface area contributed by atoms with Crippen molar-refractivity contribution in [3.63, 3.8) is 0 Å². The van der Waals surface area contributed by atoms with Crippen molar-refractivity contribution in [3.05, 3.63) is 89.5 Å². The number of ether oxygens (including phenoxy) is 3. The zero-order valence-corrected chi connectivity index (χ0v) is 20.0. The Hall–Kier alpha value is -4.72. The lowest BCUT2D eigenvalue weighted by atomic mass is 9.98. The average molecular weight is 488 g/mol. The van der Waals surface area contributed by atoms with Crippen LogP contribution in [0.1, 0.15) is 33.2 Å². The van der Waals surface area contributed by atoms with Crippen LogP contribution in [0.3, 0.4) is 0 Å². The molecule has 0 aliphatic heterocycles. The summed E-state index contributed by atoms with van der Waals surface area (Å²) in [6.07, 6.45) is 0. The number of aromatic hydroxyl groups is 2. The molecule has 0 saturated heterocycles. The molecule has 1 aromatic heterocycles. The number of methoxy groups -OCH3 is 2. The molecule has 0 aliphatic rings. The maximum absolute atomic E-state index is 13.6. The summed E-state index contributed by atoms with van der Waals surface area (Å²) in [6.45, 7) is 1.95. The third-order valence-electron chi connectivity index (χ3n) is 5.68. The minimum absolute atomic E-state index is 0.100. The number of hydrogen-bond acceptors (Lipinski definition) is 7. The average Bonchev–Trinajstić information content (AvgIpc) is 3.18. The van der Waals surface area contributed by atoms with Gasteiger partial charge in [0.25, 0.3) is 0 Å². The quantitative estimate of drug-likeness (QED) is 0.267. The van der Waals surface area contributed by atoms with Gasteiger partial charge in [-0.1, -0.05) is 30.3 Å². The highest BCUT2D eigenvalue weighted by Gasteiger charge is 2.31. The Morgan fingerprint density at radius 2 is 1.56 bits per heavy atom. The van der Waals surface area contributed by atoms with E-state index in [1.807, 2.05) is 0 Å².